The molecule has 3 N–H and O–H groups in total. The lowest BCUT2D eigenvalue weighted by molar-refractivity contribution is -0.123. The van der Waals surface area contributed by atoms with Crippen molar-refractivity contribution in [1.29, 1.82) is 0 Å². The Morgan fingerprint density at radius 1 is 1.19 bits per heavy atom. The topological polar surface area (TPSA) is 111 Å². The molecule has 0 atom stereocenters. The maximum Gasteiger partial charge on any atom is 0.235 e. The second-order valence-corrected chi connectivity index (χ2v) is 8.75. The first-order valence-electron chi connectivity index (χ1n) is 9.89. The molecule has 0 unspecified atom stereocenters. The van der Waals surface area contributed by atoms with Crippen LogP contribution in [0.25, 0.3) is 27.5 Å². The first-order chi connectivity index (χ1) is 14.5. The van der Waals surface area contributed by atoms with Gasteiger partial charge in [-0.3, -0.25) is 9.48 Å². The number of amides is 1. The molecular weight excluding hydrogens is 392 g/mol. The molecule has 1 amide bonds. The van der Waals surface area contributed by atoms with Gasteiger partial charge in [-0.2, -0.15) is 10.2 Å². The number of nitrogens with two attached hydrogens (primary N) is 1. The molecule has 8 nitrogen and oxygen atoms in total. The van der Waals surface area contributed by atoms with Gasteiger partial charge in [0.1, 0.15) is 16.6 Å². The molecule has 4 aromatic rings. The molecule has 3 heterocycles. The molecule has 0 saturated heterocycles. The quantitative estimate of drug-likeness (QED) is 0.496. The standard InChI is InChI=1S/C23H24N6O2/c1-22(2,21(24)30)8-7-18-20-17(13-27-28(20)10-9-25-18)15-5-6-19-16(11-15)12-26-29(19)14-23(3,4)31/h5-6,9-13,31H,14H2,1-4H3,(H2,24,30). The van der Waals surface area contributed by atoms with Crippen molar-refractivity contribution in [2.45, 2.75) is 39.8 Å². The zero-order chi connectivity index (χ0) is 22.4. The van der Waals surface area contributed by atoms with Gasteiger partial charge in [-0.15, -0.1) is 0 Å². The van der Waals surface area contributed by atoms with Crippen molar-refractivity contribution in [2.75, 3.05) is 0 Å². The molecule has 0 fully saturated rings. The summed E-state index contributed by atoms with van der Waals surface area (Å²) in [4.78, 5) is 16.0. The number of carbonyl (C=O) groups is 1. The van der Waals surface area contributed by atoms with Crippen LogP contribution in [-0.2, 0) is 11.3 Å². The first kappa shape index (κ1) is 20.6. The van der Waals surface area contributed by atoms with E-state index in [0.717, 1.165) is 27.5 Å². The first-order valence-corrected chi connectivity index (χ1v) is 9.89. The van der Waals surface area contributed by atoms with E-state index in [2.05, 4.69) is 27.0 Å². The smallest absolute Gasteiger partial charge is 0.235 e. The fourth-order valence-corrected chi connectivity index (χ4v) is 3.27. The highest BCUT2D eigenvalue weighted by Crippen LogP contribution is 2.29. The Kier molecular flexibility index (Phi) is 4.79. The number of aliphatic hydroxyl groups is 1. The van der Waals surface area contributed by atoms with Gasteiger partial charge in [-0.05, 0) is 51.3 Å². The van der Waals surface area contributed by atoms with E-state index in [0.29, 0.717) is 12.2 Å². The monoisotopic (exact) mass is 416 g/mol. The number of aromatic nitrogens is 5. The SMILES string of the molecule is CC(C)(O)Cn1ncc2cc(-c3cnn4ccnc(C#CC(C)(C)C(N)=O)c34)ccc21. The van der Waals surface area contributed by atoms with Crippen LogP contribution in [0, 0.1) is 17.3 Å². The largest absolute Gasteiger partial charge is 0.389 e. The Morgan fingerprint density at radius 2 is 1.97 bits per heavy atom. The molecule has 158 valence electrons. The summed E-state index contributed by atoms with van der Waals surface area (Å²) in [5, 5.41) is 19.9. The fraction of sp³-hybridized carbons (Fsp3) is 0.304. The predicted octanol–water partition coefficient (Wildman–Crippen LogP) is 2.38. The number of rotatable bonds is 4. The van der Waals surface area contributed by atoms with Crippen molar-refractivity contribution >= 4 is 22.3 Å². The number of carbonyl (C=O) groups excluding carboxylic acids is 1. The third-order valence-corrected chi connectivity index (χ3v) is 5.03. The average Bonchev–Trinajstić information content (AvgIpc) is 3.29. The zero-order valence-electron chi connectivity index (χ0n) is 17.9. The van der Waals surface area contributed by atoms with Gasteiger partial charge in [-0.25, -0.2) is 9.50 Å². The van der Waals surface area contributed by atoms with Crippen molar-refractivity contribution in [3.05, 3.63) is 48.7 Å². The number of hydrogen-bond acceptors (Lipinski definition) is 5. The maximum absolute atomic E-state index is 11.6. The van der Waals surface area contributed by atoms with Crippen LogP contribution in [0.4, 0.5) is 0 Å². The molecule has 8 heteroatoms. The molecule has 1 aromatic carbocycles. The molecule has 3 aromatic heterocycles. The van der Waals surface area contributed by atoms with E-state index in [1.54, 1.807) is 61.7 Å². The summed E-state index contributed by atoms with van der Waals surface area (Å²) in [6.45, 7) is 7.26. The highest BCUT2D eigenvalue weighted by Gasteiger charge is 2.22. The van der Waals surface area contributed by atoms with Crippen molar-refractivity contribution in [3.8, 4) is 23.0 Å². The van der Waals surface area contributed by atoms with Crippen molar-refractivity contribution in [3.63, 3.8) is 0 Å². The van der Waals surface area contributed by atoms with Crippen molar-refractivity contribution in [2.24, 2.45) is 11.1 Å². The summed E-state index contributed by atoms with van der Waals surface area (Å²) < 4.78 is 3.51. The van der Waals surface area contributed by atoms with Gasteiger partial charge in [0.15, 0.2) is 0 Å². The van der Waals surface area contributed by atoms with Crippen LogP contribution in [-0.4, -0.2) is 41.0 Å². The van der Waals surface area contributed by atoms with Gasteiger partial charge in [0, 0.05) is 23.3 Å². The Balaban J connectivity index is 1.81. The van der Waals surface area contributed by atoms with Crippen LogP contribution >= 0.6 is 0 Å². The summed E-state index contributed by atoms with van der Waals surface area (Å²) in [7, 11) is 0. The van der Waals surface area contributed by atoms with Crippen LogP contribution in [0.2, 0.25) is 0 Å². The Morgan fingerprint density at radius 3 is 2.68 bits per heavy atom. The Labute approximate surface area is 179 Å². The lowest BCUT2D eigenvalue weighted by Crippen LogP contribution is -2.29. The van der Waals surface area contributed by atoms with Gasteiger partial charge >= 0.3 is 0 Å². The molecule has 0 spiro atoms. The molecule has 31 heavy (non-hydrogen) atoms. The third-order valence-electron chi connectivity index (χ3n) is 5.03. The Hall–Kier alpha value is -3.70. The van der Waals surface area contributed by atoms with Gasteiger partial charge in [-0.1, -0.05) is 12.0 Å². The molecule has 0 aliphatic rings. The van der Waals surface area contributed by atoms with Crippen LogP contribution in [0.15, 0.2) is 43.0 Å². The number of hydrogen-bond donors (Lipinski definition) is 2. The minimum Gasteiger partial charge on any atom is -0.389 e. The average molecular weight is 416 g/mol. The van der Waals surface area contributed by atoms with Gasteiger partial charge in [0.25, 0.3) is 0 Å². The Bertz CT molecular complexity index is 1360. The van der Waals surface area contributed by atoms with E-state index in [1.807, 2.05) is 18.2 Å². The summed E-state index contributed by atoms with van der Waals surface area (Å²) in [5.41, 5.74) is 7.61. The molecule has 0 saturated carbocycles. The minimum absolute atomic E-state index is 0.395. The van der Waals surface area contributed by atoms with Crippen LogP contribution < -0.4 is 5.73 Å². The molecule has 0 bridgehead atoms. The highest BCUT2D eigenvalue weighted by molar-refractivity contribution is 5.90. The lowest BCUT2D eigenvalue weighted by Gasteiger charge is -2.17. The summed E-state index contributed by atoms with van der Waals surface area (Å²) in [5.74, 6) is 5.44. The second-order valence-electron chi connectivity index (χ2n) is 8.75. The number of nitrogens with zero attached hydrogens (tertiary/aromatic N) is 5. The van der Waals surface area contributed by atoms with Gasteiger partial charge in [0.05, 0.1) is 30.1 Å². The van der Waals surface area contributed by atoms with E-state index < -0.39 is 16.9 Å². The van der Waals surface area contributed by atoms with Crippen LogP contribution in [0.5, 0.6) is 0 Å². The molecule has 0 radical (unpaired) electrons. The zero-order valence-corrected chi connectivity index (χ0v) is 17.9. The number of fused-ring (bicyclic) bond motifs is 2. The summed E-state index contributed by atoms with van der Waals surface area (Å²) in [6, 6.07) is 5.99. The minimum atomic E-state index is -0.970. The lowest BCUT2D eigenvalue weighted by atomic mass is 9.93. The maximum atomic E-state index is 11.6. The predicted molar refractivity (Wildman–Crippen MR) is 118 cm³/mol. The fourth-order valence-electron chi connectivity index (χ4n) is 3.27. The molecule has 4 rings (SSSR count). The normalized spacial score (nSPS) is 12.2. The van der Waals surface area contributed by atoms with E-state index in [9.17, 15) is 9.90 Å². The second kappa shape index (κ2) is 7.22. The van der Waals surface area contributed by atoms with Crippen molar-refractivity contribution in [1.82, 2.24) is 24.4 Å². The van der Waals surface area contributed by atoms with Crippen molar-refractivity contribution < 1.29 is 9.90 Å². The molecular formula is C23H24N6O2. The number of primary amides is 1. The number of benzene rings is 1. The van der Waals surface area contributed by atoms with E-state index in [4.69, 9.17) is 5.73 Å². The van der Waals surface area contributed by atoms with Gasteiger partial charge < -0.3 is 10.8 Å². The van der Waals surface area contributed by atoms with Gasteiger partial charge in [0.2, 0.25) is 5.91 Å². The van der Waals surface area contributed by atoms with E-state index in [1.165, 1.54) is 0 Å². The third kappa shape index (κ3) is 4.00. The molecule has 0 aliphatic carbocycles. The molecule has 0 aliphatic heterocycles. The van der Waals surface area contributed by atoms with Crippen LogP contribution in [0.3, 0.4) is 0 Å². The van der Waals surface area contributed by atoms with E-state index in [-0.39, 0.29) is 0 Å². The summed E-state index contributed by atoms with van der Waals surface area (Å²) in [6.07, 6.45) is 6.92. The van der Waals surface area contributed by atoms with E-state index >= 15 is 0 Å². The summed E-state index contributed by atoms with van der Waals surface area (Å²) >= 11 is 0. The van der Waals surface area contributed by atoms with Crippen LogP contribution in [0.1, 0.15) is 33.4 Å². The highest BCUT2D eigenvalue weighted by atomic mass is 16.3.